The highest BCUT2D eigenvalue weighted by Crippen LogP contribution is 2.68. The zero-order valence-electron chi connectivity index (χ0n) is 81.1. The highest BCUT2D eigenvalue weighted by molar-refractivity contribution is 7.82. The van der Waals surface area contributed by atoms with Crippen LogP contribution in [-0.4, -0.2) is 53.6 Å². The fraction of sp³-hybridized carbons (Fsp3) is 0.300. The van der Waals surface area contributed by atoms with Gasteiger partial charge in [-0.2, -0.15) is 0 Å². The van der Waals surface area contributed by atoms with Gasteiger partial charge in [-0.3, -0.25) is 0 Å². The van der Waals surface area contributed by atoms with Crippen molar-refractivity contribution in [3.63, 3.8) is 0 Å². The van der Waals surface area contributed by atoms with Crippen molar-refractivity contribution in [2.75, 3.05) is 21.3 Å². The molecule has 0 bridgehead atoms. The highest BCUT2D eigenvalue weighted by atomic mass is 31.2. The van der Waals surface area contributed by atoms with E-state index in [2.05, 4.69) is 338 Å². The van der Waals surface area contributed by atoms with Gasteiger partial charge < -0.3 is 34.1 Å². The predicted molar refractivity (Wildman–Crippen MR) is 582 cm³/mol. The van der Waals surface area contributed by atoms with Crippen LogP contribution in [0.4, 0.5) is 0 Å². The summed E-state index contributed by atoms with van der Waals surface area (Å²) in [7, 11) is -0.921. The van der Waals surface area contributed by atoms with Gasteiger partial charge in [0.2, 0.25) is 0 Å². The van der Waals surface area contributed by atoms with Crippen molar-refractivity contribution >= 4 is 126 Å². The molecule has 0 amide bonds. The third-order valence-corrected chi connectivity index (χ3v) is 45.7. The van der Waals surface area contributed by atoms with Crippen LogP contribution in [0.5, 0.6) is 17.2 Å². The Kier molecular flexibility index (Phi) is 37.6. The summed E-state index contributed by atoms with van der Waals surface area (Å²) in [6, 6.07) is 110. The van der Waals surface area contributed by atoms with Gasteiger partial charge in [0.05, 0.1) is 53.6 Å². The molecule has 14 aromatic carbocycles. The molecule has 0 spiro atoms. The van der Waals surface area contributed by atoms with Crippen molar-refractivity contribution in [2.24, 2.45) is 0 Å². The lowest BCUT2D eigenvalue weighted by atomic mass is 9.99. The number of methoxy groups -OCH3 is 3. The van der Waals surface area contributed by atoms with Crippen LogP contribution in [-0.2, 0) is 24.4 Å². The molecule has 3 saturated carbocycles. The number of rotatable bonds is 24. The Bertz CT molecular complexity index is 5400. The molecular weight excluding hydrogens is 1740 g/mol. The Morgan fingerprint density at radius 1 is 0.241 bits per heavy atom. The Balaban J connectivity index is 0.000000143. The number of aryl methyl sites for hydroxylation is 12. The van der Waals surface area contributed by atoms with Gasteiger partial charge in [-0.1, -0.05) is 366 Å². The monoisotopic (exact) mass is 1880 g/mol. The second-order valence-electron chi connectivity index (χ2n) is 36.2. The van der Waals surface area contributed by atoms with Crippen LogP contribution in [0, 0.1) is 83.1 Å². The van der Waals surface area contributed by atoms with Crippen molar-refractivity contribution in [1.82, 2.24) is 0 Å². The number of benzene rings is 14. The second kappa shape index (κ2) is 49.5. The van der Waals surface area contributed by atoms with Crippen LogP contribution >= 0.6 is 46.7 Å². The van der Waals surface area contributed by atoms with Crippen LogP contribution in [0.1, 0.15) is 180 Å². The number of aliphatic hydroxyl groups excluding tert-OH is 3. The number of aliphatic hydroxyl groups is 3. The van der Waals surface area contributed by atoms with Crippen LogP contribution in [0.3, 0.4) is 0 Å². The summed E-state index contributed by atoms with van der Waals surface area (Å²) in [5.41, 5.74) is 20.6. The van der Waals surface area contributed by atoms with E-state index in [1.165, 1.54) is 227 Å². The van der Waals surface area contributed by atoms with E-state index in [1.807, 2.05) is 54.6 Å². The van der Waals surface area contributed by atoms with Crippen LogP contribution in [0.2, 0.25) is 0 Å². The van der Waals surface area contributed by atoms with E-state index in [-0.39, 0.29) is 19.8 Å². The lowest BCUT2D eigenvalue weighted by molar-refractivity contribution is 0.277. The minimum Gasteiger partial charge on any atom is -0.496 e. The summed E-state index contributed by atoms with van der Waals surface area (Å²) in [5.74, 6) is 1.82. The van der Waals surface area contributed by atoms with Crippen molar-refractivity contribution in [1.29, 1.82) is 0 Å². The van der Waals surface area contributed by atoms with Gasteiger partial charge in [0.25, 0.3) is 0 Å². The van der Waals surface area contributed by atoms with Crippen LogP contribution in [0.15, 0.2) is 309 Å². The molecule has 0 saturated heterocycles. The standard InChI is InChI=1S/C30H24P2.C27H33P.C24H27O6P.C21H21P.C18H33OP/c1-5-13-25(14-6-1)31(26-15-7-2-8-16-26)29-21-23-30(24-22-29)32(27-17-9-3-10-18-27)28-19-11-4-12-20-28;1-16-10-19(4)25(20(5)11-16)28(26-21(6)12-17(2)13-22(26)7)27-23(8)14-18(3)15-24(27)9;1-28-19-10-5-9-18(15-27)23(19)31(22-16(13-25)7-4-8-17(22)14-26)24-20(29-2)11-6-12-21(24)30-3;1-16-10-4-7-13-19(16)22(20-14-8-5-11-17(20)2)21-15-9-6-12-18(21)3;19-20(16-10-4-1-5-11-16,17-12-6-2-7-13-17)18-14-8-3-9-15-18/h1-24H;10-15H,1-9H3;4-12,25-27H,13-15H2,1-3H3;4-15H,1-3H3;16-18H,1-15H2. The molecule has 0 aliphatic heterocycles. The zero-order chi connectivity index (χ0) is 94.1. The predicted octanol–water partition coefficient (Wildman–Crippen LogP) is 24.1. The summed E-state index contributed by atoms with van der Waals surface area (Å²) in [4.78, 5) is 0. The van der Waals surface area contributed by atoms with Gasteiger partial charge in [0, 0.05) is 22.3 Å². The van der Waals surface area contributed by atoms with Crippen LogP contribution < -0.4 is 93.8 Å². The molecule has 3 aliphatic carbocycles. The SMILES string of the molecule is COc1cccc(CO)c1P(c1c(CO)cccc1CO)c1c(OC)cccc1OC.Cc1cc(C)c(P(c2c(C)cc(C)cc2C)c2c(C)cc(C)cc2C)c(C)c1.Cc1ccccc1P(c1ccccc1C)c1ccccc1C.O=P(C1CCCCC1)(C1CCCCC1)C1CCCCC1.c1ccc(P(c2ccccc2)c2ccc(P(c3ccccc3)c3ccccc3)cc2)cc1. The topological polar surface area (TPSA) is 105 Å². The summed E-state index contributed by atoms with van der Waals surface area (Å²) >= 11 is 0. The maximum absolute atomic E-state index is 14.3. The normalized spacial score (nSPS) is 13.9. The maximum atomic E-state index is 14.3. The third kappa shape index (κ3) is 24.6. The molecule has 7 nitrogen and oxygen atoms in total. The number of hydrogen-bond acceptors (Lipinski definition) is 7. The second-order valence-corrected chi connectivity index (χ2v) is 50.5. The summed E-state index contributed by atoms with van der Waals surface area (Å²) in [5, 5.41) is 50.1. The molecule has 0 heterocycles. The first-order chi connectivity index (χ1) is 64.6. The van der Waals surface area contributed by atoms with E-state index >= 15 is 0 Å². The largest absolute Gasteiger partial charge is 0.496 e. The molecule has 13 heteroatoms. The average molecular weight is 1880 g/mol. The zero-order valence-corrected chi connectivity index (χ0v) is 86.4. The fourth-order valence-corrected chi connectivity index (χ4v) is 39.7. The number of hydrogen-bond donors (Lipinski definition) is 3. The Morgan fingerprint density at radius 3 is 0.744 bits per heavy atom. The van der Waals surface area contributed by atoms with E-state index in [0.29, 0.717) is 50.9 Å². The molecule has 3 N–H and O–H groups in total. The smallest absolute Gasteiger partial charge is 0.130 e. The molecule has 0 aromatic heterocycles. The molecule has 1 atom stereocenters. The molecule has 1 unspecified atom stereocenters. The molecule has 133 heavy (non-hydrogen) atoms. The minimum absolute atomic E-state index is 0.196. The van der Waals surface area contributed by atoms with Gasteiger partial charge in [-0.25, -0.2) is 0 Å². The van der Waals surface area contributed by atoms with E-state index in [1.54, 1.807) is 21.3 Å². The average Bonchev–Trinajstić information content (AvgIpc) is 0.746. The van der Waals surface area contributed by atoms with E-state index < -0.39 is 46.7 Å². The lowest BCUT2D eigenvalue weighted by Crippen LogP contribution is -2.31. The first-order valence-electron chi connectivity index (χ1n) is 47.7. The first-order valence-corrected chi connectivity index (χ1v) is 56.4. The van der Waals surface area contributed by atoms with Crippen molar-refractivity contribution in [3.8, 4) is 17.2 Å². The van der Waals surface area contributed by atoms with E-state index in [0.717, 1.165) is 15.9 Å². The molecule has 3 fully saturated rings. The Morgan fingerprint density at radius 2 is 0.474 bits per heavy atom. The molecule has 690 valence electrons. The lowest BCUT2D eigenvalue weighted by Gasteiger charge is -2.44. The van der Waals surface area contributed by atoms with Gasteiger partial charge in [-0.15, -0.1) is 0 Å². The van der Waals surface area contributed by atoms with E-state index in [4.69, 9.17) is 14.2 Å². The van der Waals surface area contributed by atoms with Gasteiger partial charge >= 0.3 is 0 Å². The van der Waals surface area contributed by atoms with Crippen molar-refractivity contribution in [2.45, 2.75) is 216 Å². The first kappa shape index (κ1) is 101. The third-order valence-electron chi connectivity index (χ3n) is 26.6. The molecule has 17 rings (SSSR count). The van der Waals surface area contributed by atoms with Crippen molar-refractivity contribution < 1.29 is 34.1 Å². The summed E-state index contributed by atoms with van der Waals surface area (Å²) in [6.45, 7) is 26.4. The summed E-state index contributed by atoms with van der Waals surface area (Å²) < 4.78 is 31.4. The molecule has 3 aliphatic rings. The maximum Gasteiger partial charge on any atom is 0.130 e. The fourth-order valence-electron chi connectivity index (χ4n) is 20.7. The Hall–Kier alpha value is -9.26. The van der Waals surface area contributed by atoms with Gasteiger partial charge in [-0.05, 0) is 315 Å². The van der Waals surface area contributed by atoms with Gasteiger partial charge in [0.15, 0.2) is 0 Å². The molecule has 14 aromatic rings. The molecular formula is C120H138O7P6. The Labute approximate surface area is 802 Å². The van der Waals surface area contributed by atoms with Crippen LogP contribution in [0.25, 0.3) is 0 Å². The summed E-state index contributed by atoms with van der Waals surface area (Å²) in [6.07, 6.45) is 20.1. The minimum atomic E-state index is -1.95. The highest BCUT2D eigenvalue weighted by Gasteiger charge is 2.47. The molecule has 0 radical (unpaired) electrons. The number of ether oxygens (including phenoxy) is 3. The van der Waals surface area contributed by atoms with Gasteiger partial charge in [0.1, 0.15) is 17.2 Å². The quantitative estimate of drug-likeness (QED) is 0.0518. The van der Waals surface area contributed by atoms with Crippen molar-refractivity contribution in [3.05, 3.63) is 393 Å². The van der Waals surface area contributed by atoms with E-state index in [9.17, 15) is 19.9 Å².